The maximum Gasteiger partial charge on any atom is 0.226 e. The van der Waals surface area contributed by atoms with Crippen molar-refractivity contribution in [1.29, 1.82) is 0 Å². The Hall–Kier alpha value is -1.88. The van der Waals surface area contributed by atoms with Crippen molar-refractivity contribution in [2.75, 3.05) is 13.2 Å². The third kappa shape index (κ3) is 3.11. The van der Waals surface area contributed by atoms with Gasteiger partial charge in [-0.05, 0) is 18.4 Å². The fourth-order valence-electron chi connectivity index (χ4n) is 3.50. The molecule has 23 heavy (non-hydrogen) atoms. The van der Waals surface area contributed by atoms with Crippen LogP contribution in [-0.4, -0.2) is 47.1 Å². The van der Waals surface area contributed by atoms with E-state index in [9.17, 15) is 14.7 Å². The third-order valence-electron chi connectivity index (χ3n) is 4.93. The van der Waals surface area contributed by atoms with Gasteiger partial charge >= 0.3 is 0 Å². The minimum absolute atomic E-state index is 0.0110. The monoisotopic (exact) mass is 316 g/mol. The molecule has 2 fully saturated rings. The molecule has 0 aromatic heterocycles. The summed E-state index contributed by atoms with van der Waals surface area (Å²) >= 11 is 0. The van der Waals surface area contributed by atoms with Crippen LogP contribution in [0.1, 0.15) is 37.7 Å². The highest BCUT2D eigenvalue weighted by molar-refractivity contribution is 5.83. The fraction of sp³-hybridized carbons (Fsp3) is 0.556. The molecule has 1 heterocycles. The molecule has 0 radical (unpaired) electrons. The highest BCUT2D eigenvalue weighted by Gasteiger charge is 2.53. The first kappa shape index (κ1) is 16.0. The number of aliphatic hydroxyl groups excluding tert-OH is 1. The second-order valence-electron chi connectivity index (χ2n) is 6.43. The molecule has 1 aliphatic carbocycles. The van der Waals surface area contributed by atoms with Gasteiger partial charge in [-0.2, -0.15) is 0 Å². The van der Waals surface area contributed by atoms with Crippen LogP contribution in [0.5, 0.6) is 0 Å². The van der Waals surface area contributed by atoms with Crippen molar-refractivity contribution in [2.45, 2.75) is 44.2 Å². The molecule has 124 valence electrons. The minimum Gasteiger partial charge on any atom is -0.394 e. The van der Waals surface area contributed by atoms with Gasteiger partial charge in [0.25, 0.3) is 0 Å². The van der Waals surface area contributed by atoms with Crippen molar-refractivity contribution in [3.05, 3.63) is 35.9 Å². The summed E-state index contributed by atoms with van der Waals surface area (Å²) in [5, 5.41) is 12.7. The molecule has 2 aliphatic rings. The van der Waals surface area contributed by atoms with Crippen molar-refractivity contribution in [3.8, 4) is 0 Å². The molecule has 1 aromatic rings. The Kier molecular flexibility index (Phi) is 4.66. The lowest BCUT2D eigenvalue weighted by Gasteiger charge is -2.55. The van der Waals surface area contributed by atoms with Gasteiger partial charge in [-0.1, -0.05) is 37.3 Å². The number of carbonyl (C=O) groups is 2. The predicted octanol–water partition coefficient (Wildman–Crippen LogP) is 1.28. The summed E-state index contributed by atoms with van der Waals surface area (Å²) in [4.78, 5) is 26.0. The van der Waals surface area contributed by atoms with Crippen molar-refractivity contribution < 1.29 is 14.7 Å². The zero-order chi connectivity index (χ0) is 16.4. The molecule has 2 N–H and O–H groups in total. The zero-order valence-corrected chi connectivity index (χ0v) is 13.4. The molecular weight excluding hydrogens is 292 g/mol. The van der Waals surface area contributed by atoms with Crippen LogP contribution in [0.4, 0.5) is 0 Å². The predicted molar refractivity (Wildman–Crippen MR) is 86.7 cm³/mol. The maximum absolute atomic E-state index is 12.6. The second kappa shape index (κ2) is 6.71. The molecular formula is C18H24N2O3. The molecule has 1 saturated carbocycles. The molecule has 5 heteroatoms. The Morgan fingerprint density at radius 3 is 2.48 bits per heavy atom. The van der Waals surface area contributed by atoms with Crippen LogP contribution in [0.3, 0.4) is 0 Å². The van der Waals surface area contributed by atoms with E-state index in [0.29, 0.717) is 13.0 Å². The van der Waals surface area contributed by atoms with E-state index in [2.05, 4.69) is 5.32 Å². The number of aliphatic hydroxyl groups is 1. The quantitative estimate of drug-likeness (QED) is 0.830. The van der Waals surface area contributed by atoms with Crippen molar-refractivity contribution >= 4 is 11.8 Å². The van der Waals surface area contributed by atoms with Gasteiger partial charge in [0.15, 0.2) is 0 Å². The van der Waals surface area contributed by atoms with Gasteiger partial charge < -0.3 is 15.3 Å². The molecule has 0 spiro atoms. The molecule has 3 atom stereocenters. The van der Waals surface area contributed by atoms with E-state index < -0.39 is 0 Å². The Balaban J connectivity index is 1.80. The van der Waals surface area contributed by atoms with Crippen molar-refractivity contribution in [3.63, 3.8) is 0 Å². The molecule has 1 aliphatic heterocycles. The van der Waals surface area contributed by atoms with E-state index in [1.165, 1.54) is 0 Å². The average molecular weight is 316 g/mol. The van der Waals surface area contributed by atoms with Gasteiger partial charge in [0.05, 0.1) is 18.7 Å². The summed E-state index contributed by atoms with van der Waals surface area (Å²) in [7, 11) is 0. The lowest BCUT2D eigenvalue weighted by atomic mass is 9.74. The SMILES string of the molecule is CCC(=O)NC[C@H]1[C@H](c2ccccc2)[C@@H](CO)N1C(=O)C1CC1. The smallest absolute Gasteiger partial charge is 0.226 e. The molecule has 1 saturated heterocycles. The summed E-state index contributed by atoms with van der Waals surface area (Å²) in [6.07, 6.45) is 2.32. The van der Waals surface area contributed by atoms with E-state index >= 15 is 0 Å². The highest BCUT2D eigenvalue weighted by atomic mass is 16.3. The molecule has 2 amide bonds. The van der Waals surface area contributed by atoms with Crippen LogP contribution in [0.15, 0.2) is 30.3 Å². The van der Waals surface area contributed by atoms with Crippen LogP contribution < -0.4 is 5.32 Å². The van der Waals surface area contributed by atoms with Crippen molar-refractivity contribution in [2.24, 2.45) is 5.92 Å². The number of amides is 2. The average Bonchev–Trinajstić information content (AvgIpc) is 3.39. The zero-order valence-electron chi connectivity index (χ0n) is 13.4. The molecule has 5 nitrogen and oxygen atoms in total. The van der Waals surface area contributed by atoms with Gasteiger partial charge in [0.1, 0.15) is 0 Å². The number of likely N-dealkylation sites (tertiary alicyclic amines) is 1. The number of hydrogen-bond acceptors (Lipinski definition) is 3. The number of rotatable bonds is 6. The van der Waals surface area contributed by atoms with Crippen LogP contribution in [0.25, 0.3) is 0 Å². The van der Waals surface area contributed by atoms with E-state index in [1.807, 2.05) is 42.2 Å². The Morgan fingerprint density at radius 1 is 1.22 bits per heavy atom. The summed E-state index contributed by atoms with van der Waals surface area (Å²) in [5.74, 6) is 0.307. The summed E-state index contributed by atoms with van der Waals surface area (Å²) < 4.78 is 0. The van der Waals surface area contributed by atoms with Crippen LogP contribution in [0.2, 0.25) is 0 Å². The minimum atomic E-state index is -0.186. The summed E-state index contributed by atoms with van der Waals surface area (Å²) in [6, 6.07) is 9.69. The number of nitrogens with one attached hydrogen (secondary N) is 1. The van der Waals surface area contributed by atoms with Crippen LogP contribution in [-0.2, 0) is 9.59 Å². The topological polar surface area (TPSA) is 69.6 Å². The Bertz CT molecular complexity index is 571. The lowest BCUT2D eigenvalue weighted by Crippen LogP contribution is -2.68. The summed E-state index contributed by atoms with van der Waals surface area (Å²) in [5.41, 5.74) is 1.11. The van der Waals surface area contributed by atoms with Crippen LogP contribution >= 0.6 is 0 Å². The second-order valence-corrected chi connectivity index (χ2v) is 6.43. The number of nitrogens with zero attached hydrogens (tertiary/aromatic N) is 1. The first-order chi connectivity index (χ1) is 11.2. The third-order valence-corrected chi connectivity index (χ3v) is 4.93. The van der Waals surface area contributed by atoms with Crippen molar-refractivity contribution in [1.82, 2.24) is 10.2 Å². The molecule has 3 rings (SSSR count). The first-order valence-corrected chi connectivity index (χ1v) is 8.42. The fourth-order valence-corrected chi connectivity index (χ4v) is 3.50. The van der Waals surface area contributed by atoms with Gasteiger partial charge in [-0.25, -0.2) is 0 Å². The largest absolute Gasteiger partial charge is 0.394 e. The van der Waals surface area contributed by atoms with E-state index in [-0.39, 0.29) is 42.3 Å². The Labute approximate surface area is 136 Å². The van der Waals surface area contributed by atoms with Crippen LogP contribution in [0, 0.1) is 5.92 Å². The number of carbonyl (C=O) groups excluding carboxylic acids is 2. The lowest BCUT2D eigenvalue weighted by molar-refractivity contribution is -0.152. The van der Waals surface area contributed by atoms with E-state index in [4.69, 9.17) is 0 Å². The van der Waals surface area contributed by atoms with E-state index in [0.717, 1.165) is 18.4 Å². The normalized spacial score (nSPS) is 26.5. The standard InChI is InChI=1S/C18H24N2O3/c1-2-16(22)19-10-14-17(12-6-4-3-5-7-12)15(11-21)20(14)18(23)13-8-9-13/h3-7,13-15,17,21H,2,8-11H2,1H3,(H,19,22)/t14-,15+,17-/m0/s1. The number of hydrogen-bond donors (Lipinski definition) is 2. The first-order valence-electron chi connectivity index (χ1n) is 8.42. The molecule has 0 unspecified atom stereocenters. The molecule has 1 aromatic carbocycles. The summed E-state index contributed by atoms with van der Waals surface area (Å²) in [6.45, 7) is 2.21. The Morgan fingerprint density at radius 2 is 1.91 bits per heavy atom. The van der Waals surface area contributed by atoms with Gasteiger partial charge in [-0.3, -0.25) is 9.59 Å². The van der Waals surface area contributed by atoms with Gasteiger partial charge in [0, 0.05) is 24.8 Å². The maximum atomic E-state index is 12.6. The molecule has 0 bridgehead atoms. The highest BCUT2D eigenvalue weighted by Crippen LogP contribution is 2.44. The number of benzene rings is 1. The van der Waals surface area contributed by atoms with Gasteiger partial charge in [-0.15, -0.1) is 0 Å². The van der Waals surface area contributed by atoms with E-state index in [1.54, 1.807) is 0 Å². The van der Waals surface area contributed by atoms with Gasteiger partial charge in [0.2, 0.25) is 11.8 Å².